The van der Waals surface area contributed by atoms with Crippen LogP contribution in [0, 0.1) is 46.8 Å². The van der Waals surface area contributed by atoms with Crippen LogP contribution in [0.2, 0.25) is 0 Å². The fourth-order valence-corrected chi connectivity index (χ4v) is 7.93. The van der Waals surface area contributed by atoms with Crippen LogP contribution < -0.4 is 0 Å². The lowest BCUT2D eigenvalue weighted by Gasteiger charge is -2.41. The molecule has 0 aliphatic heterocycles. The zero-order chi connectivity index (χ0) is 20.6. The molecular weight excluding hydrogens is 364 g/mol. The van der Waals surface area contributed by atoms with Gasteiger partial charge < -0.3 is 9.47 Å². The molecule has 0 saturated heterocycles. The number of rotatable bonds is 5. The molecule has 5 saturated carbocycles. The number of hydrogen-bond acceptors (Lipinski definition) is 4. The third kappa shape index (κ3) is 3.07. The highest BCUT2D eigenvalue weighted by Gasteiger charge is 2.66. The fourth-order valence-electron chi connectivity index (χ4n) is 7.93. The Morgan fingerprint density at radius 2 is 1.62 bits per heavy atom. The molecule has 0 N–H and O–H groups in total. The highest BCUT2D eigenvalue weighted by atomic mass is 16.6. The van der Waals surface area contributed by atoms with Crippen molar-refractivity contribution in [3.8, 4) is 0 Å². The minimum atomic E-state index is -0.404. The summed E-state index contributed by atoms with van der Waals surface area (Å²) in [5.74, 6) is 3.78. The standard InChI is InChI=1S/C25H38O4/c1-5-24(2,3)23(27)28-19-13-15-12-18(19)21-16-10-14(20(15)21)11-17(16)22(26)29-25(4)8-6-7-9-25/h14-21H,5-13H2,1-4H3. The maximum atomic E-state index is 13.1. The molecule has 4 heteroatoms. The number of carbonyl (C=O) groups is 2. The van der Waals surface area contributed by atoms with Crippen molar-refractivity contribution < 1.29 is 19.1 Å². The van der Waals surface area contributed by atoms with Crippen LogP contribution >= 0.6 is 0 Å². The van der Waals surface area contributed by atoms with E-state index in [-0.39, 0.29) is 29.6 Å². The van der Waals surface area contributed by atoms with Crippen molar-refractivity contribution in [2.45, 2.75) is 97.2 Å². The summed E-state index contributed by atoms with van der Waals surface area (Å²) >= 11 is 0. The predicted molar refractivity (Wildman–Crippen MR) is 110 cm³/mol. The van der Waals surface area contributed by atoms with Gasteiger partial charge in [0.15, 0.2) is 0 Å². The Kier molecular flexibility index (Phi) is 4.61. The van der Waals surface area contributed by atoms with Gasteiger partial charge in [-0.15, -0.1) is 0 Å². The lowest BCUT2D eigenvalue weighted by Crippen LogP contribution is -2.43. The molecule has 5 fully saturated rings. The van der Waals surface area contributed by atoms with Crippen LogP contribution in [0.15, 0.2) is 0 Å². The van der Waals surface area contributed by atoms with Gasteiger partial charge in [-0.05, 0) is 114 Å². The number of esters is 2. The summed E-state index contributed by atoms with van der Waals surface area (Å²) in [6, 6.07) is 0. The second kappa shape index (κ2) is 6.72. The van der Waals surface area contributed by atoms with Crippen LogP contribution in [0.5, 0.6) is 0 Å². The van der Waals surface area contributed by atoms with E-state index in [2.05, 4.69) is 13.8 Å². The Morgan fingerprint density at radius 3 is 2.31 bits per heavy atom. The summed E-state index contributed by atoms with van der Waals surface area (Å²) in [6.45, 7) is 8.14. The Hall–Kier alpha value is -1.06. The van der Waals surface area contributed by atoms with E-state index in [4.69, 9.17) is 9.47 Å². The van der Waals surface area contributed by atoms with Crippen molar-refractivity contribution in [2.24, 2.45) is 46.8 Å². The molecule has 0 aromatic carbocycles. The summed E-state index contributed by atoms with van der Waals surface area (Å²) < 4.78 is 12.2. The molecule has 162 valence electrons. The van der Waals surface area contributed by atoms with Crippen LogP contribution in [0.3, 0.4) is 0 Å². The van der Waals surface area contributed by atoms with Crippen molar-refractivity contribution in [1.82, 2.24) is 0 Å². The normalized spacial score (nSPS) is 44.1. The summed E-state index contributed by atoms with van der Waals surface area (Å²) in [5, 5.41) is 0. The van der Waals surface area contributed by atoms with E-state index in [0.717, 1.165) is 38.0 Å². The molecule has 5 rings (SSSR count). The largest absolute Gasteiger partial charge is 0.462 e. The SMILES string of the molecule is CCC(C)(C)C(=O)OC1CC2CC1C1C3CC(CC3C(=O)OC3(C)CCCC3)C21. The minimum absolute atomic E-state index is 0.0395. The number of hydrogen-bond donors (Lipinski definition) is 0. The zero-order valence-electron chi connectivity index (χ0n) is 18.6. The monoisotopic (exact) mass is 402 g/mol. The molecule has 0 heterocycles. The van der Waals surface area contributed by atoms with Crippen LogP contribution in [-0.4, -0.2) is 23.6 Å². The topological polar surface area (TPSA) is 52.6 Å². The highest BCUT2D eigenvalue weighted by Crippen LogP contribution is 2.69. The lowest BCUT2D eigenvalue weighted by atomic mass is 9.66. The third-order valence-electron chi connectivity index (χ3n) is 9.76. The van der Waals surface area contributed by atoms with Crippen LogP contribution in [-0.2, 0) is 19.1 Å². The predicted octanol–water partition coefficient (Wildman–Crippen LogP) is 5.14. The van der Waals surface area contributed by atoms with Gasteiger partial charge in [0.05, 0.1) is 11.3 Å². The number of ether oxygens (including phenoxy) is 2. The summed E-state index contributed by atoms with van der Waals surface area (Å²) in [6.07, 6.45) is 9.74. The molecule has 0 aromatic heterocycles. The first-order chi connectivity index (χ1) is 13.7. The summed E-state index contributed by atoms with van der Waals surface area (Å²) in [5.41, 5.74) is -0.629. The van der Waals surface area contributed by atoms with Gasteiger partial charge in [-0.25, -0.2) is 0 Å². The molecule has 4 nitrogen and oxygen atoms in total. The van der Waals surface area contributed by atoms with E-state index in [1.165, 1.54) is 25.7 Å². The van der Waals surface area contributed by atoms with Gasteiger partial charge in [0, 0.05) is 0 Å². The van der Waals surface area contributed by atoms with Crippen molar-refractivity contribution in [1.29, 1.82) is 0 Å². The van der Waals surface area contributed by atoms with E-state index in [1.54, 1.807) is 0 Å². The van der Waals surface area contributed by atoms with Gasteiger partial charge in [0.1, 0.15) is 11.7 Å². The van der Waals surface area contributed by atoms with Gasteiger partial charge in [-0.2, -0.15) is 0 Å². The van der Waals surface area contributed by atoms with Gasteiger partial charge in [0.2, 0.25) is 0 Å². The first kappa shape index (κ1) is 19.9. The van der Waals surface area contributed by atoms with Gasteiger partial charge >= 0.3 is 11.9 Å². The Labute approximate surface area is 175 Å². The summed E-state index contributed by atoms with van der Waals surface area (Å²) in [7, 11) is 0. The van der Waals surface area contributed by atoms with Crippen LogP contribution in [0.4, 0.5) is 0 Å². The maximum absolute atomic E-state index is 13.1. The smallest absolute Gasteiger partial charge is 0.311 e. The van der Waals surface area contributed by atoms with E-state index in [1.807, 2.05) is 13.8 Å². The van der Waals surface area contributed by atoms with Gasteiger partial charge in [0.25, 0.3) is 0 Å². The average Bonchev–Trinajstić information content (AvgIpc) is 3.46. The van der Waals surface area contributed by atoms with Gasteiger partial charge in [-0.3, -0.25) is 9.59 Å². The molecule has 0 amide bonds. The minimum Gasteiger partial charge on any atom is -0.462 e. The number of fused-ring (bicyclic) bond motifs is 9. The van der Waals surface area contributed by atoms with Crippen LogP contribution in [0.1, 0.15) is 85.5 Å². The van der Waals surface area contributed by atoms with E-state index in [0.29, 0.717) is 29.6 Å². The molecule has 8 unspecified atom stereocenters. The molecule has 0 radical (unpaired) electrons. The number of carbonyl (C=O) groups excluding carboxylic acids is 2. The lowest BCUT2D eigenvalue weighted by molar-refractivity contribution is -0.171. The van der Waals surface area contributed by atoms with Crippen molar-refractivity contribution in [3.63, 3.8) is 0 Å². The molecule has 8 atom stereocenters. The van der Waals surface area contributed by atoms with E-state index in [9.17, 15) is 9.59 Å². The molecule has 5 aliphatic rings. The van der Waals surface area contributed by atoms with Crippen molar-refractivity contribution in [2.75, 3.05) is 0 Å². The second-order valence-corrected chi connectivity index (χ2v) is 11.8. The molecule has 5 aliphatic carbocycles. The first-order valence-corrected chi connectivity index (χ1v) is 12.2. The first-order valence-electron chi connectivity index (χ1n) is 12.2. The Bertz CT molecular complexity index is 691. The summed E-state index contributed by atoms with van der Waals surface area (Å²) in [4.78, 5) is 25.8. The van der Waals surface area contributed by atoms with E-state index >= 15 is 0 Å². The molecule has 29 heavy (non-hydrogen) atoms. The Balaban J connectivity index is 1.27. The fraction of sp³-hybridized carbons (Fsp3) is 0.920. The average molecular weight is 403 g/mol. The van der Waals surface area contributed by atoms with Gasteiger partial charge in [-0.1, -0.05) is 6.92 Å². The quantitative estimate of drug-likeness (QED) is 0.472. The maximum Gasteiger partial charge on any atom is 0.311 e. The molecule has 4 bridgehead atoms. The molecule has 0 spiro atoms. The second-order valence-electron chi connectivity index (χ2n) is 11.8. The van der Waals surface area contributed by atoms with Crippen LogP contribution in [0.25, 0.3) is 0 Å². The third-order valence-corrected chi connectivity index (χ3v) is 9.76. The molecular formula is C25H38O4. The van der Waals surface area contributed by atoms with Crippen molar-refractivity contribution in [3.05, 3.63) is 0 Å². The van der Waals surface area contributed by atoms with Crippen molar-refractivity contribution >= 4 is 11.9 Å². The zero-order valence-corrected chi connectivity index (χ0v) is 18.6. The Morgan fingerprint density at radius 1 is 0.966 bits per heavy atom. The highest BCUT2D eigenvalue weighted by molar-refractivity contribution is 5.76. The molecule has 0 aromatic rings. The van der Waals surface area contributed by atoms with E-state index < -0.39 is 5.41 Å².